The van der Waals surface area contributed by atoms with Crippen LogP contribution in [0.3, 0.4) is 0 Å². The van der Waals surface area contributed by atoms with Gasteiger partial charge in [-0.1, -0.05) is 6.07 Å². The summed E-state index contributed by atoms with van der Waals surface area (Å²) in [5, 5.41) is 0. The quantitative estimate of drug-likeness (QED) is 0.511. The number of imidazole rings is 1. The maximum absolute atomic E-state index is 4.36. The molecule has 3 heteroatoms. The maximum atomic E-state index is 4.36. The molecule has 0 unspecified atom stereocenters. The summed E-state index contributed by atoms with van der Waals surface area (Å²) >= 11 is 0. The van der Waals surface area contributed by atoms with Crippen LogP contribution in [0.15, 0.2) is 36.7 Å². The van der Waals surface area contributed by atoms with Crippen molar-refractivity contribution in [3.63, 3.8) is 0 Å². The largest absolute Gasteiger partial charge is 0.300 e. The Morgan fingerprint density at radius 3 is 3.23 bits per heavy atom. The minimum Gasteiger partial charge on any atom is -0.300 e. The lowest BCUT2D eigenvalue weighted by Gasteiger charge is -1.91. The zero-order valence-electron chi connectivity index (χ0n) is 6.81. The van der Waals surface area contributed by atoms with Gasteiger partial charge in [-0.25, -0.2) is 4.98 Å². The molecule has 3 rings (SSSR count). The first-order valence-corrected chi connectivity index (χ1v) is 4.05. The van der Waals surface area contributed by atoms with Crippen molar-refractivity contribution in [3.05, 3.63) is 42.9 Å². The Kier molecular flexibility index (Phi) is 1.16. The zero-order valence-corrected chi connectivity index (χ0v) is 6.81. The molecule has 13 heavy (non-hydrogen) atoms. The molecule has 0 aliphatic rings. The van der Waals surface area contributed by atoms with Gasteiger partial charge in [-0.2, -0.15) is 0 Å². The van der Waals surface area contributed by atoms with Gasteiger partial charge in [-0.15, -0.1) is 0 Å². The molecule has 0 aliphatic carbocycles. The second-order valence-electron chi connectivity index (χ2n) is 2.83. The second kappa shape index (κ2) is 2.29. The van der Waals surface area contributed by atoms with Crippen molar-refractivity contribution in [3.8, 4) is 0 Å². The minimum atomic E-state index is 0.814. The van der Waals surface area contributed by atoms with E-state index in [4.69, 9.17) is 0 Å². The molecule has 0 N–H and O–H groups in total. The highest BCUT2D eigenvalue weighted by Gasteiger charge is 2.01. The van der Waals surface area contributed by atoms with Crippen LogP contribution in [-0.2, 0) is 0 Å². The average Bonchev–Trinajstić information content (AvgIpc) is 2.56. The molecule has 0 saturated heterocycles. The van der Waals surface area contributed by atoms with E-state index < -0.39 is 0 Å². The van der Waals surface area contributed by atoms with E-state index in [9.17, 15) is 0 Å². The predicted octanol–water partition coefficient (Wildman–Crippen LogP) is 1.68. The molecule has 1 radical (unpaired) electrons. The Balaban J connectivity index is 2.64. The molecule has 0 fully saturated rings. The molecule has 3 heterocycles. The number of hydrogen-bond acceptors (Lipinski definition) is 2. The minimum absolute atomic E-state index is 0.814. The molecule has 61 valence electrons. The monoisotopic (exact) mass is 168 g/mol. The third-order valence-corrected chi connectivity index (χ3v) is 2.04. The second-order valence-corrected chi connectivity index (χ2v) is 2.83. The van der Waals surface area contributed by atoms with Gasteiger partial charge in [0.15, 0.2) is 0 Å². The Hall–Kier alpha value is -1.90. The van der Waals surface area contributed by atoms with Gasteiger partial charge >= 0.3 is 0 Å². The van der Waals surface area contributed by atoms with Crippen LogP contribution in [0.25, 0.3) is 16.7 Å². The van der Waals surface area contributed by atoms with E-state index in [1.807, 2.05) is 34.9 Å². The first kappa shape index (κ1) is 6.60. The summed E-state index contributed by atoms with van der Waals surface area (Å²) in [6, 6.07) is 7.85. The van der Waals surface area contributed by atoms with Crippen molar-refractivity contribution in [2.24, 2.45) is 0 Å². The first-order chi connectivity index (χ1) is 6.45. The summed E-state index contributed by atoms with van der Waals surface area (Å²) in [5.41, 5.74) is 2.79. The normalized spacial score (nSPS) is 11.1. The molecule has 0 bridgehead atoms. The Bertz CT molecular complexity index is 518. The number of fused-ring (bicyclic) bond motifs is 3. The van der Waals surface area contributed by atoms with Gasteiger partial charge < -0.3 is 0 Å². The van der Waals surface area contributed by atoms with Crippen molar-refractivity contribution >= 4 is 16.7 Å². The molecule has 0 atom stereocenters. The van der Waals surface area contributed by atoms with Crippen molar-refractivity contribution in [1.29, 1.82) is 0 Å². The molecule has 0 spiro atoms. The molecule has 3 aromatic rings. The highest BCUT2D eigenvalue weighted by molar-refractivity contribution is 5.78. The van der Waals surface area contributed by atoms with Crippen LogP contribution < -0.4 is 0 Å². The number of aromatic nitrogens is 3. The van der Waals surface area contributed by atoms with Crippen molar-refractivity contribution < 1.29 is 0 Å². The van der Waals surface area contributed by atoms with E-state index in [1.54, 1.807) is 6.20 Å². The van der Waals surface area contributed by atoms with Crippen molar-refractivity contribution in [2.45, 2.75) is 0 Å². The van der Waals surface area contributed by atoms with Crippen LogP contribution in [0.4, 0.5) is 0 Å². The van der Waals surface area contributed by atoms with Crippen LogP contribution in [0.2, 0.25) is 0 Å². The van der Waals surface area contributed by atoms with Gasteiger partial charge in [-0.05, 0) is 18.2 Å². The third-order valence-electron chi connectivity index (χ3n) is 2.04. The number of nitrogens with zero attached hydrogens (tertiary/aromatic N) is 3. The van der Waals surface area contributed by atoms with E-state index in [-0.39, 0.29) is 0 Å². The summed E-state index contributed by atoms with van der Waals surface area (Å²) in [4.78, 5) is 8.27. The molecular formula is C10H6N3. The summed E-state index contributed by atoms with van der Waals surface area (Å²) in [5.74, 6) is 0. The van der Waals surface area contributed by atoms with Crippen molar-refractivity contribution in [1.82, 2.24) is 14.4 Å². The maximum Gasteiger partial charge on any atom is 0.137 e. The van der Waals surface area contributed by atoms with Crippen LogP contribution >= 0.6 is 0 Å². The fraction of sp³-hybridized carbons (Fsp3) is 0. The Morgan fingerprint density at radius 1 is 1.23 bits per heavy atom. The molecule has 3 aromatic heterocycles. The average molecular weight is 168 g/mol. The van der Waals surface area contributed by atoms with E-state index in [1.165, 1.54) is 0 Å². The predicted molar refractivity (Wildman–Crippen MR) is 49.3 cm³/mol. The smallest absolute Gasteiger partial charge is 0.137 e. The van der Waals surface area contributed by atoms with Crippen LogP contribution in [0.1, 0.15) is 0 Å². The number of hydrogen-bond donors (Lipinski definition) is 0. The van der Waals surface area contributed by atoms with E-state index in [0.29, 0.717) is 0 Å². The lowest BCUT2D eigenvalue weighted by molar-refractivity contribution is 1.22. The zero-order chi connectivity index (χ0) is 8.67. The lowest BCUT2D eigenvalue weighted by Crippen LogP contribution is -1.81. The number of rotatable bonds is 0. The summed E-state index contributed by atoms with van der Waals surface area (Å²) < 4.78 is 2.02. The van der Waals surface area contributed by atoms with Gasteiger partial charge in [0.2, 0.25) is 0 Å². The van der Waals surface area contributed by atoms with Gasteiger partial charge in [0, 0.05) is 12.4 Å². The molecule has 3 nitrogen and oxygen atoms in total. The highest BCUT2D eigenvalue weighted by atomic mass is 15.0. The van der Waals surface area contributed by atoms with Crippen LogP contribution in [-0.4, -0.2) is 14.4 Å². The summed E-state index contributed by atoms with van der Waals surface area (Å²) in [7, 11) is 0. The molecule has 0 aliphatic heterocycles. The topological polar surface area (TPSA) is 30.2 Å². The van der Waals surface area contributed by atoms with Crippen LogP contribution in [0.5, 0.6) is 0 Å². The standard InChI is InChI=1S/C10H6N3/c1-2-6-13-9-4-5-11-7-8(9)12-10(13)3-1/h1-6H. The van der Waals surface area contributed by atoms with Gasteiger partial charge in [0.25, 0.3) is 0 Å². The fourth-order valence-electron chi connectivity index (χ4n) is 1.46. The lowest BCUT2D eigenvalue weighted by atomic mass is 10.4. The molecular weight excluding hydrogens is 162 g/mol. The SMILES string of the molecule is [c]1nccc2c1nc1ccccn12. The Morgan fingerprint density at radius 2 is 2.23 bits per heavy atom. The van der Waals surface area contributed by atoms with Crippen LogP contribution in [0, 0.1) is 6.20 Å². The highest BCUT2D eigenvalue weighted by Crippen LogP contribution is 2.13. The molecule has 0 aromatic carbocycles. The number of pyridine rings is 2. The van der Waals surface area contributed by atoms with E-state index in [2.05, 4.69) is 16.2 Å². The fourth-order valence-corrected chi connectivity index (χ4v) is 1.46. The van der Waals surface area contributed by atoms with Gasteiger partial charge in [-0.3, -0.25) is 9.38 Å². The van der Waals surface area contributed by atoms with E-state index >= 15 is 0 Å². The van der Waals surface area contributed by atoms with E-state index in [0.717, 1.165) is 16.7 Å². The van der Waals surface area contributed by atoms with Gasteiger partial charge in [0.05, 0.1) is 5.52 Å². The molecule has 0 saturated carbocycles. The summed E-state index contributed by atoms with van der Waals surface area (Å²) in [6.45, 7) is 0. The third kappa shape index (κ3) is 0.839. The first-order valence-electron chi connectivity index (χ1n) is 4.05. The Labute approximate surface area is 74.7 Å². The van der Waals surface area contributed by atoms with Gasteiger partial charge in [0.1, 0.15) is 17.4 Å². The molecule has 0 amide bonds. The summed E-state index contributed by atoms with van der Waals surface area (Å²) in [6.07, 6.45) is 6.57. The van der Waals surface area contributed by atoms with Crippen molar-refractivity contribution in [2.75, 3.05) is 0 Å².